The number of amides is 3. The van der Waals surface area contributed by atoms with Gasteiger partial charge in [-0.1, -0.05) is 35.9 Å². The number of thiophene rings is 1. The number of guanidine groups is 1. The number of fused-ring (bicyclic) bond motifs is 1. The average molecular weight is 481 g/mol. The Morgan fingerprint density at radius 2 is 1.94 bits per heavy atom. The summed E-state index contributed by atoms with van der Waals surface area (Å²) in [6.07, 6.45) is 1.47. The molecule has 1 aliphatic heterocycles. The van der Waals surface area contributed by atoms with Crippen LogP contribution in [0.3, 0.4) is 0 Å². The number of hydrogen-bond donors (Lipinski definition) is 4. The van der Waals surface area contributed by atoms with E-state index in [2.05, 4.69) is 15.8 Å². The second-order valence-corrected chi connectivity index (χ2v) is 8.73. The van der Waals surface area contributed by atoms with Gasteiger partial charge in [-0.2, -0.15) is 5.10 Å². The number of carbonyl (C=O) groups excluding carboxylic acids is 3. The quantitative estimate of drug-likeness (QED) is 0.185. The molecule has 4 rings (SSSR count). The third-order valence-electron chi connectivity index (χ3n) is 4.73. The van der Waals surface area contributed by atoms with Crippen LogP contribution < -0.4 is 16.5 Å². The molecule has 0 radical (unpaired) electrons. The lowest BCUT2D eigenvalue weighted by atomic mass is 10.1. The fraction of sp³-hybridized carbons (Fsp3) is 0.0455. The average Bonchev–Trinajstić information content (AvgIpc) is 3.32. The monoisotopic (exact) mass is 480 g/mol. The highest BCUT2D eigenvalue weighted by Crippen LogP contribution is 2.31. The number of nitrogens with zero attached hydrogens (tertiary/aromatic N) is 2. The minimum Gasteiger partial charge on any atom is -0.369 e. The Balaban J connectivity index is 1.55. The Labute approximate surface area is 197 Å². The molecule has 166 valence electrons. The van der Waals surface area contributed by atoms with Gasteiger partial charge in [-0.05, 0) is 41.5 Å². The molecule has 0 unspecified atom stereocenters. The summed E-state index contributed by atoms with van der Waals surface area (Å²) in [6.45, 7) is 0.0437. The van der Waals surface area contributed by atoms with Gasteiger partial charge in [-0.3, -0.25) is 24.7 Å². The van der Waals surface area contributed by atoms with Crippen LogP contribution in [0.5, 0.6) is 0 Å². The fourth-order valence-corrected chi connectivity index (χ4v) is 4.27. The Kier molecular flexibility index (Phi) is 6.20. The molecule has 0 bridgehead atoms. The molecule has 11 heteroatoms. The second kappa shape index (κ2) is 9.23. The maximum absolute atomic E-state index is 13.1. The molecular formula is C22H17ClN6O3S. The number of nitrogens with two attached hydrogens (primary N) is 1. The fourth-order valence-electron chi connectivity index (χ4n) is 3.33. The molecule has 9 nitrogen and oxygen atoms in total. The summed E-state index contributed by atoms with van der Waals surface area (Å²) in [5.74, 6) is -1.64. The number of hydrazone groups is 1. The van der Waals surface area contributed by atoms with Crippen LogP contribution in [-0.4, -0.2) is 34.8 Å². The highest BCUT2D eigenvalue weighted by atomic mass is 35.5. The van der Waals surface area contributed by atoms with Crippen LogP contribution in [0.4, 0.5) is 5.69 Å². The summed E-state index contributed by atoms with van der Waals surface area (Å²) < 4.78 is 0.472. The van der Waals surface area contributed by atoms with E-state index in [1.807, 2.05) is 0 Å². The minimum atomic E-state index is -0.493. The van der Waals surface area contributed by atoms with Crippen molar-refractivity contribution in [2.75, 3.05) is 5.32 Å². The molecule has 0 saturated carbocycles. The lowest BCUT2D eigenvalue weighted by Gasteiger charge is -2.14. The normalized spacial score (nSPS) is 12.8. The first-order chi connectivity index (χ1) is 15.8. The van der Waals surface area contributed by atoms with Crippen LogP contribution in [0, 0.1) is 5.41 Å². The Bertz CT molecular complexity index is 1320. The Morgan fingerprint density at radius 3 is 2.67 bits per heavy atom. The zero-order chi connectivity index (χ0) is 23.5. The van der Waals surface area contributed by atoms with Gasteiger partial charge in [0.2, 0.25) is 5.96 Å². The van der Waals surface area contributed by atoms with Crippen LogP contribution in [0.15, 0.2) is 59.7 Å². The molecule has 0 fully saturated rings. The molecule has 3 amide bonds. The number of halogens is 1. The number of carbonyl (C=O) groups is 3. The molecule has 0 spiro atoms. The Morgan fingerprint density at radius 1 is 1.15 bits per heavy atom. The summed E-state index contributed by atoms with van der Waals surface area (Å²) in [5, 5.41) is 13.6. The lowest BCUT2D eigenvalue weighted by Crippen LogP contribution is -2.29. The van der Waals surface area contributed by atoms with Gasteiger partial charge in [0.1, 0.15) is 0 Å². The molecule has 2 aromatic carbocycles. The minimum absolute atomic E-state index is 0.0437. The third-order valence-corrected chi connectivity index (χ3v) is 5.96. The van der Waals surface area contributed by atoms with Gasteiger partial charge in [0, 0.05) is 0 Å². The Hall–Kier alpha value is -4.02. The van der Waals surface area contributed by atoms with Gasteiger partial charge in [-0.15, -0.1) is 11.3 Å². The van der Waals surface area contributed by atoms with E-state index < -0.39 is 17.7 Å². The zero-order valence-electron chi connectivity index (χ0n) is 17.0. The van der Waals surface area contributed by atoms with Crippen LogP contribution in [0.25, 0.3) is 0 Å². The van der Waals surface area contributed by atoms with Crippen molar-refractivity contribution in [3.8, 4) is 0 Å². The number of nitrogens with one attached hydrogen (secondary N) is 3. The summed E-state index contributed by atoms with van der Waals surface area (Å²) in [4.78, 5) is 40.2. The summed E-state index contributed by atoms with van der Waals surface area (Å²) >= 11 is 7.02. The molecule has 1 aliphatic rings. The number of imide groups is 1. The smallest absolute Gasteiger partial charge is 0.265 e. The summed E-state index contributed by atoms with van der Waals surface area (Å²) in [5.41, 5.74) is 9.55. The SMILES string of the molecule is N=C(N)N/N=C/c1cccc(CN2C(=O)c3cccc(NC(=O)c4ccc(Cl)s4)c3C2=O)c1. The standard InChI is InChI=1S/C22H17ClN6O3S/c23-17-8-7-16(33-17)19(30)27-15-6-2-5-14-18(15)21(32)29(20(14)31)11-13-4-1-3-12(9-13)10-26-28-22(24)25/h1-10H,11H2,(H,27,30)(H4,24,25,28)/b26-10+. The molecule has 0 aliphatic carbocycles. The van der Waals surface area contributed by atoms with E-state index in [9.17, 15) is 14.4 Å². The van der Waals surface area contributed by atoms with E-state index in [0.717, 1.165) is 16.2 Å². The van der Waals surface area contributed by atoms with Crippen molar-refractivity contribution in [3.63, 3.8) is 0 Å². The topological polar surface area (TPSA) is 141 Å². The predicted molar refractivity (Wildman–Crippen MR) is 127 cm³/mol. The molecule has 0 saturated heterocycles. The molecule has 2 heterocycles. The maximum atomic E-state index is 13.1. The maximum Gasteiger partial charge on any atom is 0.265 e. The van der Waals surface area contributed by atoms with Crippen LogP contribution >= 0.6 is 22.9 Å². The van der Waals surface area contributed by atoms with Crippen molar-refractivity contribution < 1.29 is 14.4 Å². The number of anilines is 1. The van der Waals surface area contributed by atoms with E-state index >= 15 is 0 Å². The van der Waals surface area contributed by atoms with Gasteiger partial charge in [0.05, 0.1) is 38.8 Å². The number of benzene rings is 2. The summed E-state index contributed by atoms with van der Waals surface area (Å²) in [7, 11) is 0. The van der Waals surface area contributed by atoms with Gasteiger partial charge < -0.3 is 11.1 Å². The molecule has 3 aromatic rings. The van der Waals surface area contributed by atoms with Crippen LogP contribution in [-0.2, 0) is 6.54 Å². The van der Waals surface area contributed by atoms with Crippen molar-refractivity contribution in [2.24, 2.45) is 10.8 Å². The predicted octanol–water partition coefficient (Wildman–Crippen LogP) is 3.27. The molecule has 33 heavy (non-hydrogen) atoms. The first-order valence-corrected chi connectivity index (χ1v) is 10.8. The van der Waals surface area contributed by atoms with E-state index in [0.29, 0.717) is 20.3 Å². The molecule has 0 atom stereocenters. The van der Waals surface area contributed by atoms with E-state index in [1.54, 1.807) is 54.6 Å². The van der Waals surface area contributed by atoms with Crippen molar-refractivity contribution in [2.45, 2.75) is 6.54 Å². The lowest BCUT2D eigenvalue weighted by molar-refractivity contribution is 0.0642. The number of hydrogen-bond acceptors (Lipinski definition) is 6. The second-order valence-electron chi connectivity index (χ2n) is 7.01. The van der Waals surface area contributed by atoms with Gasteiger partial charge in [0.25, 0.3) is 17.7 Å². The summed E-state index contributed by atoms with van der Waals surface area (Å²) in [6, 6.07) is 15.0. The van der Waals surface area contributed by atoms with Crippen molar-refractivity contribution in [3.05, 3.63) is 86.1 Å². The first kappa shape index (κ1) is 22.2. The number of rotatable bonds is 6. The van der Waals surface area contributed by atoms with Gasteiger partial charge in [0.15, 0.2) is 0 Å². The van der Waals surface area contributed by atoms with Crippen LogP contribution in [0.1, 0.15) is 41.5 Å². The van der Waals surface area contributed by atoms with E-state index in [-0.39, 0.29) is 29.3 Å². The van der Waals surface area contributed by atoms with Gasteiger partial charge in [-0.25, -0.2) is 5.43 Å². The van der Waals surface area contributed by atoms with Gasteiger partial charge >= 0.3 is 0 Å². The molecular weight excluding hydrogens is 464 g/mol. The first-order valence-electron chi connectivity index (χ1n) is 9.61. The highest BCUT2D eigenvalue weighted by Gasteiger charge is 2.37. The molecule has 1 aromatic heterocycles. The van der Waals surface area contributed by atoms with E-state index in [4.69, 9.17) is 22.7 Å². The highest BCUT2D eigenvalue weighted by molar-refractivity contribution is 7.18. The van der Waals surface area contributed by atoms with E-state index in [1.165, 1.54) is 6.21 Å². The largest absolute Gasteiger partial charge is 0.369 e. The third kappa shape index (κ3) is 4.76. The molecule has 5 N–H and O–H groups in total. The van der Waals surface area contributed by atoms with Crippen molar-refractivity contribution in [1.29, 1.82) is 5.41 Å². The van der Waals surface area contributed by atoms with Crippen molar-refractivity contribution >= 4 is 58.5 Å². The van der Waals surface area contributed by atoms with Crippen molar-refractivity contribution in [1.82, 2.24) is 10.3 Å². The zero-order valence-corrected chi connectivity index (χ0v) is 18.5. The van der Waals surface area contributed by atoms with Crippen LogP contribution in [0.2, 0.25) is 4.34 Å².